The largest absolute Gasteiger partial charge is 0.486 e. The van der Waals surface area contributed by atoms with Crippen molar-refractivity contribution >= 4 is 27.3 Å². The number of nitrogens with zero attached hydrogens (tertiary/aromatic N) is 2. The molecule has 2 aliphatic heterocycles. The predicted molar refractivity (Wildman–Crippen MR) is 117 cm³/mol. The molecule has 9 heteroatoms. The van der Waals surface area contributed by atoms with E-state index in [1.54, 1.807) is 18.2 Å². The van der Waals surface area contributed by atoms with E-state index in [1.807, 2.05) is 12.1 Å². The third-order valence-electron chi connectivity index (χ3n) is 5.31. The Hall–Kier alpha value is -2.00. The summed E-state index contributed by atoms with van der Waals surface area (Å²) >= 11 is 5.89. The zero-order valence-electron chi connectivity index (χ0n) is 16.7. The molecule has 7 nitrogen and oxygen atoms in total. The quantitative estimate of drug-likeness (QED) is 0.652. The Labute approximate surface area is 182 Å². The molecule has 2 aromatic rings. The molecule has 0 bridgehead atoms. The molecule has 2 aromatic carbocycles. The number of anilines is 1. The van der Waals surface area contributed by atoms with Crippen molar-refractivity contribution < 1.29 is 17.9 Å². The van der Waals surface area contributed by atoms with E-state index in [2.05, 4.69) is 20.6 Å². The van der Waals surface area contributed by atoms with Gasteiger partial charge in [-0.25, -0.2) is 13.1 Å². The first-order chi connectivity index (χ1) is 14.5. The van der Waals surface area contributed by atoms with Gasteiger partial charge in [-0.05, 0) is 43.3 Å². The molecule has 1 fully saturated rings. The molecule has 0 atom stereocenters. The highest BCUT2D eigenvalue weighted by Gasteiger charge is 2.23. The minimum atomic E-state index is -3.53. The van der Waals surface area contributed by atoms with Gasteiger partial charge in [0.05, 0.1) is 10.6 Å². The topological polar surface area (TPSA) is 71.1 Å². The number of benzene rings is 2. The van der Waals surface area contributed by atoms with Gasteiger partial charge in [-0.15, -0.1) is 0 Å². The van der Waals surface area contributed by atoms with Crippen LogP contribution in [-0.4, -0.2) is 65.8 Å². The highest BCUT2D eigenvalue weighted by Crippen LogP contribution is 2.39. The van der Waals surface area contributed by atoms with Crippen LogP contribution in [0.25, 0.3) is 0 Å². The van der Waals surface area contributed by atoms with Crippen molar-refractivity contribution in [3.8, 4) is 11.5 Å². The molecule has 0 saturated carbocycles. The Morgan fingerprint density at radius 3 is 2.57 bits per heavy atom. The van der Waals surface area contributed by atoms with E-state index >= 15 is 0 Å². The molecule has 2 aliphatic rings. The summed E-state index contributed by atoms with van der Waals surface area (Å²) < 4.78 is 38.9. The van der Waals surface area contributed by atoms with Crippen LogP contribution >= 0.6 is 11.6 Å². The SMILES string of the molecule is O=S(=O)(NCCCN1CCN(c2cccc3c2OCCO3)CC1)c1cccc(Cl)c1. The molecule has 0 spiro atoms. The Morgan fingerprint density at radius 1 is 1.00 bits per heavy atom. The van der Waals surface area contributed by atoms with Crippen LogP contribution in [0.2, 0.25) is 5.02 Å². The molecule has 1 saturated heterocycles. The van der Waals surface area contributed by atoms with Gasteiger partial charge in [0.2, 0.25) is 10.0 Å². The van der Waals surface area contributed by atoms with Gasteiger partial charge in [0.25, 0.3) is 0 Å². The van der Waals surface area contributed by atoms with Crippen LogP contribution in [0, 0.1) is 0 Å². The normalized spacial score (nSPS) is 17.2. The van der Waals surface area contributed by atoms with Gasteiger partial charge in [0.15, 0.2) is 11.5 Å². The van der Waals surface area contributed by atoms with E-state index in [4.69, 9.17) is 21.1 Å². The van der Waals surface area contributed by atoms with Crippen molar-refractivity contribution in [2.75, 3.05) is 57.4 Å². The maximum Gasteiger partial charge on any atom is 0.240 e. The fourth-order valence-corrected chi connectivity index (χ4v) is 5.12. The molecule has 0 radical (unpaired) electrons. The molecule has 162 valence electrons. The average molecular weight is 452 g/mol. The summed E-state index contributed by atoms with van der Waals surface area (Å²) in [6.45, 7) is 6.05. The maximum atomic E-state index is 12.3. The molecule has 1 N–H and O–H groups in total. The second-order valence-corrected chi connectivity index (χ2v) is 9.54. The first kappa shape index (κ1) is 21.2. The van der Waals surface area contributed by atoms with E-state index in [1.165, 1.54) is 6.07 Å². The number of ether oxygens (including phenoxy) is 2. The van der Waals surface area contributed by atoms with Crippen molar-refractivity contribution in [2.24, 2.45) is 0 Å². The fraction of sp³-hybridized carbons (Fsp3) is 0.429. The summed E-state index contributed by atoms with van der Waals surface area (Å²) in [4.78, 5) is 4.88. The van der Waals surface area contributed by atoms with Gasteiger partial charge in [-0.2, -0.15) is 0 Å². The number of sulfonamides is 1. The number of halogens is 1. The minimum absolute atomic E-state index is 0.195. The standard InChI is InChI=1S/C21H26ClN3O4S/c22-17-4-1-5-18(16-17)30(26,27)23-8-3-9-24-10-12-25(13-11-24)19-6-2-7-20-21(19)29-15-14-28-20/h1-2,4-7,16,23H,3,8-15H2. The van der Waals surface area contributed by atoms with Gasteiger partial charge in [-0.3, -0.25) is 4.90 Å². The lowest BCUT2D eigenvalue weighted by Crippen LogP contribution is -2.47. The van der Waals surface area contributed by atoms with Crippen LogP contribution in [-0.2, 0) is 10.0 Å². The van der Waals surface area contributed by atoms with Crippen LogP contribution in [0.15, 0.2) is 47.4 Å². The number of hydrogen-bond acceptors (Lipinski definition) is 6. The summed E-state index contributed by atoms with van der Waals surface area (Å²) in [5, 5.41) is 0.410. The molecule has 30 heavy (non-hydrogen) atoms. The van der Waals surface area contributed by atoms with E-state index in [9.17, 15) is 8.42 Å². The third-order valence-corrected chi connectivity index (χ3v) is 7.00. The lowest BCUT2D eigenvalue weighted by atomic mass is 10.2. The number of fused-ring (bicyclic) bond motifs is 1. The van der Waals surface area contributed by atoms with Crippen molar-refractivity contribution in [3.63, 3.8) is 0 Å². The Kier molecular flexibility index (Phi) is 6.67. The van der Waals surface area contributed by atoms with Crippen LogP contribution in [0.3, 0.4) is 0 Å². The van der Waals surface area contributed by atoms with Crippen molar-refractivity contribution in [1.29, 1.82) is 0 Å². The molecule has 2 heterocycles. The second-order valence-electron chi connectivity index (χ2n) is 7.34. The van der Waals surface area contributed by atoms with Crippen molar-refractivity contribution in [2.45, 2.75) is 11.3 Å². The van der Waals surface area contributed by atoms with E-state index in [-0.39, 0.29) is 4.90 Å². The Morgan fingerprint density at radius 2 is 1.77 bits per heavy atom. The van der Waals surface area contributed by atoms with E-state index < -0.39 is 10.0 Å². The zero-order valence-corrected chi connectivity index (χ0v) is 18.3. The predicted octanol–water partition coefficient (Wildman–Crippen LogP) is 2.60. The summed E-state index contributed by atoms with van der Waals surface area (Å²) in [5.41, 5.74) is 1.08. The molecular weight excluding hydrogens is 426 g/mol. The van der Waals surface area contributed by atoms with Gasteiger partial charge in [0, 0.05) is 37.7 Å². The highest BCUT2D eigenvalue weighted by molar-refractivity contribution is 7.89. The number of para-hydroxylation sites is 1. The number of hydrogen-bond donors (Lipinski definition) is 1. The second kappa shape index (κ2) is 9.43. The van der Waals surface area contributed by atoms with Crippen LogP contribution in [0.1, 0.15) is 6.42 Å². The molecular formula is C21H26ClN3O4S. The summed E-state index contributed by atoms with van der Waals surface area (Å²) in [5.74, 6) is 1.65. The summed E-state index contributed by atoms with van der Waals surface area (Å²) in [6, 6.07) is 12.3. The number of rotatable bonds is 7. The van der Waals surface area contributed by atoms with Crippen LogP contribution in [0.4, 0.5) is 5.69 Å². The maximum absolute atomic E-state index is 12.3. The molecule has 4 rings (SSSR count). The van der Waals surface area contributed by atoms with Gasteiger partial charge in [0.1, 0.15) is 13.2 Å². The summed E-state index contributed by atoms with van der Waals surface area (Å²) in [7, 11) is -3.53. The van der Waals surface area contributed by atoms with Crippen LogP contribution < -0.4 is 19.1 Å². The lowest BCUT2D eigenvalue weighted by molar-refractivity contribution is 0.171. The molecule has 0 aliphatic carbocycles. The monoisotopic (exact) mass is 451 g/mol. The van der Waals surface area contributed by atoms with E-state index in [0.29, 0.717) is 24.8 Å². The lowest BCUT2D eigenvalue weighted by Gasteiger charge is -2.37. The van der Waals surface area contributed by atoms with Crippen LogP contribution in [0.5, 0.6) is 11.5 Å². The van der Waals surface area contributed by atoms with Crippen molar-refractivity contribution in [3.05, 3.63) is 47.5 Å². The molecule has 0 amide bonds. The van der Waals surface area contributed by atoms with Gasteiger partial charge in [-0.1, -0.05) is 23.7 Å². The Balaban J connectivity index is 1.23. The van der Waals surface area contributed by atoms with E-state index in [0.717, 1.165) is 56.3 Å². The zero-order chi connectivity index (χ0) is 21.0. The number of nitrogens with one attached hydrogen (secondary N) is 1. The van der Waals surface area contributed by atoms with Gasteiger partial charge < -0.3 is 14.4 Å². The molecule has 0 aromatic heterocycles. The minimum Gasteiger partial charge on any atom is -0.486 e. The first-order valence-corrected chi connectivity index (χ1v) is 12.0. The highest BCUT2D eigenvalue weighted by atomic mass is 35.5. The summed E-state index contributed by atoms with van der Waals surface area (Å²) in [6.07, 6.45) is 0.748. The molecule has 0 unspecified atom stereocenters. The number of piperazine rings is 1. The smallest absolute Gasteiger partial charge is 0.240 e. The third kappa shape index (κ3) is 5.00. The first-order valence-electron chi connectivity index (χ1n) is 10.1. The van der Waals surface area contributed by atoms with Gasteiger partial charge >= 0.3 is 0 Å². The Bertz CT molecular complexity index is 978. The fourth-order valence-electron chi connectivity index (χ4n) is 3.75. The average Bonchev–Trinajstić information content (AvgIpc) is 2.77. The van der Waals surface area contributed by atoms with Crippen molar-refractivity contribution in [1.82, 2.24) is 9.62 Å².